The first-order valence-electron chi connectivity index (χ1n) is 5.18. The minimum atomic E-state index is -0.879. The van der Waals surface area contributed by atoms with Crippen molar-refractivity contribution in [1.82, 2.24) is 0 Å². The third-order valence-corrected chi connectivity index (χ3v) is 2.09. The van der Waals surface area contributed by atoms with E-state index in [0.29, 0.717) is 18.6 Å². The van der Waals surface area contributed by atoms with Crippen molar-refractivity contribution in [1.29, 1.82) is 0 Å². The number of carboxylic acid groups (broad SMARTS) is 1. The van der Waals surface area contributed by atoms with E-state index in [1.807, 2.05) is 6.92 Å². The van der Waals surface area contributed by atoms with Crippen molar-refractivity contribution >= 4 is 5.97 Å². The molecule has 0 aromatic heterocycles. The molecule has 0 saturated carbocycles. The van der Waals surface area contributed by atoms with Gasteiger partial charge in [0.15, 0.2) is 0 Å². The predicted octanol–water partition coefficient (Wildman–Crippen LogP) is 2.61. The van der Waals surface area contributed by atoms with Crippen LogP contribution in [0.25, 0.3) is 0 Å². The molecule has 0 bridgehead atoms. The fraction of sp³-hybridized carbons (Fsp3) is 0.727. The zero-order valence-corrected chi connectivity index (χ0v) is 9.25. The van der Waals surface area contributed by atoms with Gasteiger partial charge in [-0.3, -0.25) is 0 Å². The van der Waals surface area contributed by atoms with Crippen LogP contribution in [0.3, 0.4) is 0 Å². The zero-order valence-electron chi connectivity index (χ0n) is 9.25. The van der Waals surface area contributed by atoms with Crippen molar-refractivity contribution in [3.8, 4) is 0 Å². The Morgan fingerprint density at radius 1 is 1.50 bits per heavy atom. The third-order valence-electron chi connectivity index (χ3n) is 2.09. The fourth-order valence-corrected chi connectivity index (χ4v) is 1.24. The molecule has 82 valence electrons. The van der Waals surface area contributed by atoms with Gasteiger partial charge >= 0.3 is 5.97 Å². The lowest BCUT2D eigenvalue weighted by atomic mass is 10.1. The van der Waals surface area contributed by atoms with Gasteiger partial charge in [0.05, 0.1) is 11.7 Å². The highest BCUT2D eigenvalue weighted by Crippen LogP contribution is 2.11. The highest BCUT2D eigenvalue weighted by atomic mass is 16.5. The van der Waals surface area contributed by atoms with Crippen LogP contribution < -0.4 is 0 Å². The molecule has 0 radical (unpaired) electrons. The minimum absolute atomic E-state index is 0.260. The van der Waals surface area contributed by atoms with Gasteiger partial charge in [-0.2, -0.15) is 0 Å². The van der Waals surface area contributed by atoms with Gasteiger partial charge in [-0.05, 0) is 19.8 Å². The summed E-state index contributed by atoms with van der Waals surface area (Å²) in [4.78, 5) is 10.8. The Morgan fingerprint density at radius 3 is 2.50 bits per heavy atom. The Hall–Kier alpha value is -0.830. The highest BCUT2D eigenvalue weighted by Gasteiger charge is 2.17. The zero-order chi connectivity index (χ0) is 11.0. The van der Waals surface area contributed by atoms with Gasteiger partial charge in [0.1, 0.15) is 0 Å². The lowest BCUT2D eigenvalue weighted by molar-refractivity contribution is -0.134. The third kappa shape index (κ3) is 4.42. The Balaban J connectivity index is 4.17. The summed E-state index contributed by atoms with van der Waals surface area (Å²) in [6.07, 6.45) is 4.10. The van der Waals surface area contributed by atoms with E-state index in [1.165, 1.54) is 0 Å². The molecule has 0 heterocycles. The second-order valence-corrected chi connectivity index (χ2v) is 3.17. The summed E-state index contributed by atoms with van der Waals surface area (Å²) in [6, 6.07) is 0. The Morgan fingerprint density at radius 2 is 2.14 bits per heavy atom. The monoisotopic (exact) mass is 200 g/mol. The summed E-state index contributed by atoms with van der Waals surface area (Å²) >= 11 is 0. The van der Waals surface area contributed by atoms with Crippen LogP contribution in [0.4, 0.5) is 0 Å². The molecule has 0 saturated heterocycles. The van der Waals surface area contributed by atoms with Crippen molar-refractivity contribution in [3.63, 3.8) is 0 Å². The molecule has 3 nitrogen and oxygen atoms in total. The standard InChI is InChI=1S/C11H20O3/c1-4-7-8-14-10(6-3)9(5-2)11(12)13/h5,10H,4,6-8H2,1-3H3,(H,12,13). The van der Waals surface area contributed by atoms with E-state index in [0.717, 1.165) is 12.8 Å². The van der Waals surface area contributed by atoms with Crippen LogP contribution in [-0.4, -0.2) is 23.8 Å². The lowest BCUT2D eigenvalue weighted by Crippen LogP contribution is -2.21. The maximum atomic E-state index is 10.8. The van der Waals surface area contributed by atoms with Gasteiger partial charge in [0, 0.05) is 6.61 Å². The summed E-state index contributed by atoms with van der Waals surface area (Å²) < 4.78 is 5.50. The van der Waals surface area contributed by atoms with Crippen LogP contribution >= 0.6 is 0 Å². The van der Waals surface area contributed by atoms with Gasteiger partial charge in [-0.1, -0.05) is 26.3 Å². The van der Waals surface area contributed by atoms with Gasteiger partial charge in [0.25, 0.3) is 0 Å². The molecule has 0 amide bonds. The average Bonchev–Trinajstić information content (AvgIpc) is 2.16. The Kier molecular flexibility index (Phi) is 7.11. The van der Waals surface area contributed by atoms with E-state index in [1.54, 1.807) is 13.0 Å². The molecule has 0 fully saturated rings. The van der Waals surface area contributed by atoms with Gasteiger partial charge < -0.3 is 9.84 Å². The number of hydrogen-bond acceptors (Lipinski definition) is 2. The first-order valence-corrected chi connectivity index (χ1v) is 5.18. The molecule has 0 aliphatic heterocycles. The molecule has 0 aromatic carbocycles. The van der Waals surface area contributed by atoms with Gasteiger partial charge in [0.2, 0.25) is 0 Å². The molecule has 0 rings (SSSR count). The van der Waals surface area contributed by atoms with E-state index in [-0.39, 0.29) is 6.10 Å². The van der Waals surface area contributed by atoms with Crippen molar-refractivity contribution in [2.75, 3.05) is 6.61 Å². The Labute approximate surface area is 85.8 Å². The van der Waals surface area contributed by atoms with E-state index < -0.39 is 5.97 Å². The second-order valence-electron chi connectivity index (χ2n) is 3.17. The number of hydrogen-bond donors (Lipinski definition) is 1. The van der Waals surface area contributed by atoms with Crippen LogP contribution in [0.5, 0.6) is 0 Å². The Bertz CT molecular complexity index is 197. The van der Waals surface area contributed by atoms with Crippen LogP contribution in [0.15, 0.2) is 11.6 Å². The van der Waals surface area contributed by atoms with Crippen molar-refractivity contribution < 1.29 is 14.6 Å². The SMILES string of the molecule is CC=C(C(=O)O)C(CC)OCCCC. The van der Waals surface area contributed by atoms with Gasteiger partial charge in [-0.25, -0.2) is 4.79 Å². The smallest absolute Gasteiger partial charge is 0.333 e. The number of ether oxygens (including phenoxy) is 1. The lowest BCUT2D eigenvalue weighted by Gasteiger charge is -2.16. The van der Waals surface area contributed by atoms with E-state index in [9.17, 15) is 4.79 Å². The second kappa shape index (κ2) is 7.56. The molecule has 0 aliphatic carbocycles. The maximum absolute atomic E-state index is 10.8. The molecule has 1 unspecified atom stereocenters. The number of rotatable bonds is 7. The van der Waals surface area contributed by atoms with Crippen LogP contribution in [-0.2, 0) is 9.53 Å². The summed E-state index contributed by atoms with van der Waals surface area (Å²) in [7, 11) is 0. The van der Waals surface area contributed by atoms with Crippen molar-refractivity contribution in [2.45, 2.75) is 46.1 Å². The fourth-order valence-electron chi connectivity index (χ4n) is 1.24. The molecule has 0 spiro atoms. The number of carboxylic acids is 1. The number of allylic oxidation sites excluding steroid dienone is 1. The molecule has 14 heavy (non-hydrogen) atoms. The summed E-state index contributed by atoms with van der Waals surface area (Å²) in [5, 5.41) is 8.88. The summed E-state index contributed by atoms with van der Waals surface area (Å²) in [5.74, 6) is -0.879. The molecule has 0 aliphatic rings. The highest BCUT2D eigenvalue weighted by molar-refractivity contribution is 5.87. The maximum Gasteiger partial charge on any atom is 0.333 e. The largest absolute Gasteiger partial charge is 0.478 e. The number of unbranched alkanes of at least 4 members (excludes halogenated alkanes) is 1. The minimum Gasteiger partial charge on any atom is -0.478 e. The summed E-state index contributed by atoms with van der Waals surface area (Å²) in [6.45, 7) is 6.38. The van der Waals surface area contributed by atoms with Crippen molar-refractivity contribution in [2.24, 2.45) is 0 Å². The predicted molar refractivity (Wildman–Crippen MR) is 56.3 cm³/mol. The molecule has 3 heteroatoms. The average molecular weight is 200 g/mol. The number of carbonyl (C=O) groups is 1. The van der Waals surface area contributed by atoms with Crippen LogP contribution in [0, 0.1) is 0 Å². The quantitative estimate of drug-likeness (QED) is 0.507. The molecule has 1 atom stereocenters. The normalized spacial score (nSPS) is 14.1. The first-order chi connectivity index (χ1) is 6.67. The molecular formula is C11H20O3. The first kappa shape index (κ1) is 13.2. The van der Waals surface area contributed by atoms with Gasteiger partial charge in [-0.15, -0.1) is 0 Å². The molecular weight excluding hydrogens is 180 g/mol. The molecule has 0 aromatic rings. The van der Waals surface area contributed by atoms with Crippen molar-refractivity contribution in [3.05, 3.63) is 11.6 Å². The number of aliphatic carboxylic acids is 1. The van der Waals surface area contributed by atoms with E-state index in [2.05, 4.69) is 6.92 Å². The van der Waals surface area contributed by atoms with E-state index in [4.69, 9.17) is 9.84 Å². The molecule has 1 N–H and O–H groups in total. The van der Waals surface area contributed by atoms with Crippen LogP contribution in [0.1, 0.15) is 40.0 Å². The van der Waals surface area contributed by atoms with Crippen LogP contribution in [0.2, 0.25) is 0 Å². The summed E-state index contributed by atoms with van der Waals surface area (Å²) in [5.41, 5.74) is 0.364. The topological polar surface area (TPSA) is 46.5 Å². The van der Waals surface area contributed by atoms with E-state index >= 15 is 0 Å².